The molecule has 3 heterocycles. The normalized spacial score (nSPS) is 27.5. The van der Waals surface area contributed by atoms with Gasteiger partial charge in [-0.05, 0) is 49.7 Å². The molecule has 5 heteroatoms. The molecule has 0 bridgehead atoms. The summed E-state index contributed by atoms with van der Waals surface area (Å²) in [7, 11) is 0. The molecular formula is C23H26ClNO3. The molecule has 2 unspecified atom stereocenters. The number of halogens is 1. The lowest BCUT2D eigenvalue weighted by Crippen LogP contribution is -2.36. The van der Waals surface area contributed by atoms with E-state index in [9.17, 15) is 0 Å². The SMILES string of the molecule is Clc1ccc2c(c1)C1(OCC(CN3CCCCCC3)O1)c1ccccc1CO2. The number of nitrogens with zero attached hydrogens (tertiary/aromatic N) is 1. The Morgan fingerprint density at radius 3 is 2.68 bits per heavy atom. The van der Waals surface area contributed by atoms with Crippen LogP contribution in [-0.2, 0) is 21.9 Å². The fraction of sp³-hybridized carbons (Fsp3) is 0.478. The minimum absolute atomic E-state index is 0.0242. The van der Waals surface area contributed by atoms with E-state index in [1.165, 1.54) is 25.7 Å². The number of fused-ring (bicyclic) bond motifs is 4. The summed E-state index contributed by atoms with van der Waals surface area (Å²) in [5, 5.41) is 0.657. The van der Waals surface area contributed by atoms with Gasteiger partial charge in [0.2, 0.25) is 5.79 Å². The zero-order chi connectivity index (χ0) is 19.0. The molecule has 2 aromatic rings. The molecular weight excluding hydrogens is 374 g/mol. The fourth-order valence-corrected chi connectivity index (χ4v) is 4.82. The largest absolute Gasteiger partial charge is 0.488 e. The van der Waals surface area contributed by atoms with Crippen LogP contribution in [0.1, 0.15) is 42.4 Å². The van der Waals surface area contributed by atoms with Gasteiger partial charge < -0.3 is 19.1 Å². The molecule has 0 aliphatic carbocycles. The van der Waals surface area contributed by atoms with Gasteiger partial charge in [0.15, 0.2) is 0 Å². The highest BCUT2D eigenvalue weighted by Gasteiger charge is 2.49. The molecule has 0 radical (unpaired) electrons. The summed E-state index contributed by atoms with van der Waals surface area (Å²) in [6.45, 7) is 4.26. The second-order valence-corrected chi connectivity index (χ2v) is 8.41. The number of likely N-dealkylation sites (tertiary alicyclic amines) is 1. The Morgan fingerprint density at radius 2 is 1.82 bits per heavy atom. The lowest BCUT2D eigenvalue weighted by atomic mass is 9.93. The summed E-state index contributed by atoms with van der Waals surface area (Å²) >= 11 is 6.35. The molecule has 2 atom stereocenters. The van der Waals surface area contributed by atoms with Crippen molar-refractivity contribution in [3.05, 3.63) is 64.2 Å². The van der Waals surface area contributed by atoms with Gasteiger partial charge in [-0.1, -0.05) is 48.7 Å². The van der Waals surface area contributed by atoms with E-state index in [0.717, 1.165) is 42.1 Å². The Labute approximate surface area is 171 Å². The van der Waals surface area contributed by atoms with Crippen LogP contribution in [0.3, 0.4) is 0 Å². The fourth-order valence-electron chi connectivity index (χ4n) is 4.65. The van der Waals surface area contributed by atoms with Crippen molar-refractivity contribution in [2.24, 2.45) is 0 Å². The van der Waals surface area contributed by atoms with Crippen LogP contribution in [0.25, 0.3) is 0 Å². The summed E-state index contributed by atoms with van der Waals surface area (Å²) in [6, 6.07) is 13.9. The van der Waals surface area contributed by atoms with Crippen molar-refractivity contribution in [1.29, 1.82) is 0 Å². The summed E-state index contributed by atoms with van der Waals surface area (Å²) < 4.78 is 19.3. The predicted octanol–water partition coefficient (Wildman–Crippen LogP) is 4.72. The molecule has 0 amide bonds. The molecule has 0 aromatic heterocycles. The van der Waals surface area contributed by atoms with E-state index in [4.69, 9.17) is 25.8 Å². The van der Waals surface area contributed by atoms with Crippen LogP contribution in [0.4, 0.5) is 0 Å². The first-order chi connectivity index (χ1) is 13.7. The van der Waals surface area contributed by atoms with E-state index in [1.807, 2.05) is 30.3 Å². The average molecular weight is 400 g/mol. The molecule has 0 N–H and O–H groups in total. The first-order valence-electron chi connectivity index (χ1n) is 10.3. The van der Waals surface area contributed by atoms with E-state index in [-0.39, 0.29) is 6.10 Å². The molecule has 3 aliphatic heterocycles. The summed E-state index contributed by atoms with van der Waals surface area (Å²) in [5.41, 5.74) is 2.97. The Bertz CT molecular complexity index is 849. The highest BCUT2D eigenvalue weighted by molar-refractivity contribution is 6.30. The molecule has 0 saturated carbocycles. The maximum Gasteiger partial charge on any atom is 0.226 e. The number of hydrogen-bond donors (Lipinski definition) is 0. The summed E-state index contributed by atoms with van der Waals surface area (Å²) in [4.78, 5) is 2.53. The van der Waals surface area contributed by atoms with Crippen molar-refractivity contribution in [3.63, 3.8) is 0 Å². The van der Waals surface area contributed by atoms with E-state index < -0.39 is 5.79 Å². The second kappa shape index (κ2) is 7.68. The van der Waals surface area contributed by atoms with Crippen molar-refractivity contribution in [2.75, 3.05) is 26.2 Å². The highest BCUT2D eigenvalue weighted by atomic mass is 35.5. The topological polar surface area (TPSA) is 30.9 Å². The molecule has 2 fully saturated rings. The number of rotatable bonds is 2. The average Bonchev–Trinajstić information content (AvgIpc) is 2.89. The predicted molar refractivity (Wildman–Crippen MR) is 109 cm³/mol. The van der Waals surface area contributed by atoms with Gasteiger partial charge in [0.05, 0.1) is 18.3 Å². The van der Waals surface area contributed by atoms with Crippen molar-refractivity contribution in [3.8, 4) is 5.75 Å². The van der Waals surface area contributed by atoms with Crippen LogP contribution in [0.15, 0.2) is 42.5 Å². The van der Waals surface area contributed by atoms with Gasteiger partial charge in [0.1, 0.15) is 12.4 Å². The van der Waals surface area contributed by atoms with E-state index in [1.54, 1.807) is 0 Å². The van der Waals surface area contributed by atoms with Crippen LogP contribution < -0.4 is 4.74 Å². The van der Waals surface area contributed by atoms with Gasteiger partial charge >= 0.3 is 0 Å². The zero-order valence-electron chi connectivity index (χ0n) is 16.0. The van der Waals surface area contributed by atoms with Crippen LogP contribution >= 0.6 is 11.6 Å². The van der Waals surface area contributed by atoms with Gasteiger partial charge in [0, 0.05) is 17.1 Å². The Morgan fingerprint density at radius 1 is 1.00 bits per heavy atom. The van der Waals surface area contributed by atoms with E-state index >= 15 is 0 Å². The summed E-state index contributed by atoms with van der Waals surface area (Å²) in [6.07, 6.45) is 5.23. The molecule has 28 heavy (non-hydrogen) atoms. The van der Waals surface area contributed by atoms with Crippen LogP contribution in [0.2, 0.25) is 5.02 Å². The lowest BCUT2D eigenvalue weighted by Gasteiger charge is -2.30. The van der Waals surface area contributed by atoms with Crippen LogP contribution in [-0.4, -0.2) is 37.2 Å². The highest BCUT2D eigenvalue weighted by Crippen LogP contribution is 2.48. The van der Waals surface area contributed by atoms with Gasteiger partial charge in [-0.15, -0.1) is 0 Å². The molecule has 2 saturated heterocycles. The third-order valence-electron chi connectivity index (χ3n) is 6.02. The maximum absolute atomic E-state index is 6.72. The maximum atomic E-state index is 6.72. The first-order valence-corrected chi connectivity index (χ1v) is 10.7. The van der Waals surface area contributed by atoms with Gasteiger partial charge in [-0.2, -0.15) is 0 Å². The van der Waals surface area contributed by atoms with E-state index in [0.29, 0.717) is 18.2 Å². The third-order valence-corrected chi connectivity index (χ3v) is 6.25. The molecule has 148 valence electrons. The second-order valence-electron chi connectivity index (χ2n) is 7.97. The quantitative estimate of drug-likeness (QED) is 0.730. The summed E-state index contributed by atoms with van der Waals surface area (Å²) in [5.74, 6) is -0.180. The zero-order valence-corrected chi connectivity index (χ0v) is 16.8. The van der Waals surface area contributed by atoms with Crippen molar-refractivity contribution >= 4 is 11.6 Å². The van der Waals surface area contributed by atoms with Crippen molar-refractivity contribution in [2.45, 2.75) is 44.2 Å². The minimum atomic E-state index is -0.955. The molecule has 4 nitrogen and oxygen atoms in total. The molecule has 5 rings (SSSR count). The molecule has 3 aliphatic rings. The number of hydrogen-bond acceptors (Lipinski definition) is 4. The van der Waals surface area contributed by atoms with Gasteiger partial charge in [-0.25, -0.2) is 0 Å². The van der Waals surface area contributed by atoms with Gasteiger partial charge in [0.25, 0.3) is 0 Å². The van der Waals surface area contributed by atoms with E-state index in [2.05, 4.69) is 17.0 Å². The monoisotopic (exact) mass is 399 g/mol. The lowest BCUT2D eigenvalue weighted by molar-refractivity contribution is -0.144. The standard InChI is InChI=1S/C23H26ClNO3/c24-18-9-10-22-21(13-18)23(20-8-4-3-7-17(20)15-26-22)27-16-19(28-23)14-25-11-5-1-2-6-12-25/h3-4,7-10,13,19H,1-2,5-6,11-12,14-16H2. The Hall–Kier alpha value is -1.59. The number of ether oxygens (including phenoxy) is 3. The number of benzene rings is 2. The van der Waals surface area contributed by atoms with Crippen LogP contribution in [0.5, 0.6) is 5.75 Å². The van der Waals surface area contributed by atoms with Crippen molar-refractivity contribution < 1.29 is 14.2 Å². The van der Waals surface area contributed by atoms with Crippen LogP contribution in [0, 0.1) is 0 Å². The van der Waals surface area contributed by atoms with Crippen molar-refractivity contribution in [1.82, 2.24) is 4.90 Å². The molecule has 1 spiro atoms. The first kappa shape index (κ1) is 18.4. The third kappa shape index (κ3) is 3.33. The Kier molecular flexibility index (Phi) is 5.06. The van der Waals surface area contributed by atoms with Gasteiger partial charge in [-0.3, -0.25) is 0 Å². The Balaban J connectivity index is 1.50. The molecule has 2 aromatic carbocycles. The smallest absolute Gasteiger partial charge is 0.226 e. The minimum Gasteiger partial charge on any atom is -0.488 e.